The average Bonchev–Trinajstić information content (AvgIpc) is 3.02. The van der Waals surface area contributed by atoms with E-state index in [0.717, 1.165) is 25.8 Å². The Balaban J connectivity index is 0. The molecule has 0 bridgehead atoms. The summed E-state index contributed by atoms with van der Waals surface area (Å²) in [7, 11) is 0. The highest BCUT2D eigenvalue weighted by Gasteiger charge is 2.37. The Bertz CT molecular complexity index is 626. The van der Waals surface area contributed by atoms with Crippen molar-refractivity contribution in [3.05, 3.63) is 0 Å². The minimum atomic E-state index is -2.01. The third-order valence-electron chi connectivity index (χ3n) is 8.41. The molecule has 9 heteroatoms. The van der Waals surface area contributed by atoms with Crippen LogP contribution >= 0.6 is 0 Å². The van der Waals surface area contributed by atoms with Gasteiger partial charge in [0.2, 0.25) is 11.8 Å². The Morgan fingerprint density at radius 2 is 0.800 bits per heavy atom. The molecule has 9 nitrogen and oxygen atoms in total. The normalized spacial score (nSPS) is 13.9. The number of nitrogens with two attached hydrogens (primary N) is 3. The first kappa shape index (κ1) is 45.9. The lowest BCUT2D eigenvalue weighted by Gasteiger charge is -2.26. The largest absolute Gasteiger partial charge is 0.387 e. The van der Waals surface area contributed by atoms with Gasteiger partial charge in [0.1, 0.15) is 12.2 Å². The van der Waals surface area contributed by atoms with E-state index in [1.807, 2.05) is 0 Å². The van der Waals surface area contributed by atoms with Gasteiger partial charge in [-0.25, -0.2) is 0 Å². The van der Waals surface area contributed by atoms with Crippen LogP contribution in [0.3, 0.4) is 0 Å². The number of unbranched alkanes of at least 4 members (excludes halogenated alkanes) is 24. The number of aliphatic hydroxyl groups excluding tert-OH is 3. The number of rotatable bonds is 33. The number of ether oxygens (including phenoxy) is 1. The molecule has 0 fully saturated rings. The Morgan fingerprint density at radius 3 is 1.09 bits per heavy atom. The molecular weight excluding hydrogens is 570 g/mol. The average molecular weight is 646 g/mol. The van der Waals surface area contributed by atoms with Crippen LogP contribution in [0.15, 0.2) is 0 Å². The van der Waals surface area contributed by atoms with Crippen molar-refractivity contribution < 1.29 is 29.6 Å². The summed E-state index contributed by atoms with van der Waals surface area (Å²) in [6.07, 6.45) is 26.7. The smallest absolute Gasteiger partial charge is 0.249 e. The standard InChI is InChI=1S/C21H42N2O6.C15H33N/c1-2-3-4-5-6-7-8-9-10-11-12-13-14-15-29-19(21(23)28)17(25)16(24)18(26)20(22)27;1-2-3-4-5-6-7-8-9-10-11-12-13-14-15-16/h16-19,24-26H,2-15H2,1H3,(H2,22,27)(H2,23,28);2-16H2,1H3/t16-,17-,18-,19+;/m0./s1. The van der Waals surface area contributed by atoms with Crippen molar-refractivity contribution in [3.8, 4) is 0 Å². The zero-order valence-corrected chi connectivity index (χ0v) is 29.4. The maximum atomic E-state index is 11.4. The first-order valence-corrected chi connectivity index (χ1v) is 18.7. The topological polar surface area (TPSA) is 182 Å². The van der Waals surface area contributed by atoms with Crippen LogP contribution in [0.25, 0.3) is 0 Å². The molecule has 0 spiro atoms. The van der Waals surface area contributed by atoms with Gasteiger partial charge in [0.25, 0.3) is 0 Å². The molecule has 0 rings (SSSR count). The number of hydrogen-bond acceptors (Lipinski definition) is 7. The van der Waals surface area contributed by atoms with Gasteiger partial charge in [0, 0.05) is 6.61 Å². The lowest BCUT2D eigenvalue weighted by atomic mass is 10.0. The highest BCUT2D eigenvalue weighted by Crippen LogP contribution is 2.14. The van der Waals surface area contributed by atoms with Crippen LogP contribution in [0.2, 0.25) is 0 Å². The van der Waals surface area contributed by atoms with Crippen LogP contribution in [0, 0.1) is 0 Å². The molecule has 45 heavy (non-hydrogen) atoms. The lowest BCUT2D eigenvalue weighted by Crippen LogP contribution is -2.53. The fourth-order valence-corrected chi connectivity index (χ4v) is 5.38. The lowest BCUT2D eigenvalue weighted by molar-refractivity contribution is -0.158. The van der Waals surface area contributed by atoms with Crippen molar-refractivity contribution in [1.29, 1.82) is 0 Å². The molecule has 0 unspecified atom stereocenters. The molecule has 2 amide bonds. The SMILES string of the molecule is CCCCCCCCCCCCCCCN.CCCCCCCCCCCCCCCO[C@@H](C(N)=O)[C@@H](O)[C@H](O)[C@H](O)C(N)=O. The summed E-state index contributed by atoms with van der Waals surface area (Å²) in [5.74, 6) is -2.20. The molecule has 270 valence electrons. The second kappa shape index (κ2) is 35.6. The minimum absolute atomic E-state index is 0.182. The molecule has 0 saturated heterocycles. The third kappa shape index (κ3) is 31.1. The van der Waals surface area contributed by atoms with E-state index in [1.165, 1.54) is 141 Å². The Kier molecular flexibility index (Phi) is 36.3. The quantitative estimate of drug-likeness (QED) is 0.0437. The van der Waals surface area contributed by atoms with E-state index in [0.29, 0.717) is 6.42 Å². The Morgan fingerprint density at radius 1 is 0.489 bits per heavy atom. The predicted octanol–water partition coefficient (Wildman–Crippen LogP) is 6.55. The molecule has 0 aromatic rings. The second-order valence-corrected chi connectivity index (χ2v) is 12.8. The molecule has 0 aliphatic heterocycles. The number of hydrogen-bond donors (Lipinski definition) is 6. The molecule has 0 aliphatic carbocycles. The number of aliphatic hydroxyl groups is 3. The van der Waals surface area contributed by atoms with Gasteiger partial charge < -0.3 is 37.3 Å². The van der Waals surface area contributed by atoms with E-state index >= 15 is 0 Å². The molecule has 0 saturated carbocycles. The van der Waals surface area contributed by atoms with Gasteiger partial charge in [-0.3, -0.25) is 9.59 Å². The molecule has 0 aromatic heterocycles. The van der Waals surface area contributed by atoms with Crippen LogP contribution in [0.5, 0.6) is 0 Å². The van der Waals surface area contributed by atoms with Gasteiger partial charge in [0.15, 0.2) is 12.2 Å². The molecule has 9 N–H and O–H groups in total. The number of carbonyl (C=O) groups is 2. The number of primary amides is 2. The molecular formula is C36H75N3O6. The minimum Gasteiger partial charge on any atom is -0.387 e. The van der Waals surface area contributed by atoms with Crippen LogP contribution in [-0.4, -0.2) is 64.7 Å². The third-order valence-corrected chi connectivity index (χ3v) is 8.41. The highest BCUT2D eigenvalue weighted by molar-refractivity contribution is 5.81. The van der Waals surface area contributed by atoms with Crippen LogP contribution in [0.1, 0.15) is 181 Å². The number of amides is 2. The summed E-state index contributed by atoms with van der Waals surface area (Å²) >= 11 is 0. The van der Waals surface area contributed by atoms with E-state index in [4.69, 9.17) is 21.9 Å². The van der Waals surface area contributed by atoms with Crippen molar-refractivity contribution in [1.82, 2.24) is 0 Å². The Labute approximate surface area is 276 Å². The molecule has 0 aliphatic rings. The van der Waals surface area contributed by atoms with Crippen molar-refractivity contribution in [2.45, 2.75) is 205 Å². The van der Waals surface area contributed by atoms with E-state index in [2.05, 4.69) is 13.8 Å². The van der Waals surface area contributed by atoms with Gasteiger partial charge in [-0.1, -0.05) is 168 Å². The number of carbonyl (C=O) groups excluding carboxylic acids is 2. The van der Waals surface area contributed by atoms with Gasteiger partial charge in [0.05, 0.1) is 0 Å². The Hall–Kier alpha value is -1.26. The van der Waals surface area contributed by atoms with Gasteiger partial charge in [-0.2, -0.15) is 0 Å². The van der Waals surface area contributed by atoms with Gasteiger partial charge >= 0.3 is 0 Å². The summed E-state index contributed by atoms with van der Waals surface area (Å²) in [6, 6.07) is 0. The highest BCUT2D eigenvalue weighted by atomic mass is 16.5. The summed E-state index contributed by atoms with van der Waals surface area (Å²) < 4.78 is 5.27. The fourth-order valence-electron chi connectivity index (χ4n) is 5.38. The summed E-state index contributed by atoms with van der Waals surface area (Å²) in [5, 5.41) is 29.0. The van der Waals surface area contributed by atoms with Crippen molar-refractivity contribution in [3.63, 3.8) is 0 Å². The molecule has 0 heterocycles. The zero-order chi connectivity index (χ0) is 34.0. The summed E-state index contributed by atoms with van der Waals surface area (Å²) in [6.45, 7) is 5.57. The molecule has 0 aromatic carbocycles. The second-order valence-electron chi connectivity index (χ2n) is 12.8. The summed E-state index contributed by atoms with van der Waals surface area (Å²) in [4.78, 5) is 22.3. The fraction of sp³-hybridized carbons (Fsp3) is 0.944. The van der Waals surface area contributed by atoms with E-state index in [1.54, 1.807) is 0 Å². The van der Waals surface area contributed by atoms with E-state index in [9.17, 15) is 24.9 Å². The first-order chi connectivity index (χ1) is 21.7. The molecule has 4 atom stereocenters. The maximum Gasteiger partial charge on any atom is 0.249 e. The predicted molar refractivity (Wildman–Crippen MR) is 187 cm³/mol. The van der Waals surface area contributed by atoms with E-state index < -0.39 is 36.2 Å². The zero-order valence-electron chi connectivity index (χ0n) is 29.4. The van der Waals surface area contributed by atoms with E-state index in [-0.39, 0.29) is 6.61 Å². The van der Waals surface area contributed by atoms with Crippen LogP contribution < -0.4 is 17.2 Å². The van der Waals surface area contributed by atoms with Crippen LogP contribution in [-0.2, 0) is 14.3 Å². The first-order valence-electron chi connectivity index (χ1n) is 18.7. The van der Waals surface area contributed by atoms with Crippen molar-refractivity contribution >= 4 is 11.8 Å². The van der Waals surface area contributed by atoms with Gasteiger partial charge in [-0.05, 0) is 19.4 Å². The summed E-state index contributed by atoms with van der Waals surface area (Å²) in [5.41, 5.74) is 15.5. The van der Waals surface area contributed by atoms with Gasteiger partial charge in [-0.15, -0.1) is 0 Å². The van der Waals surface area contributed by atoms with Crippen LogP contribution in [0.4, 0.5) is 0 Å². The molecule has 0 radical (unpaired) electrons. The monoisotopic (exact) mass is 646 g/mol. The maximum absolute atomic E-state index is 11.4. The van der Waals surface area contributed by atoms with Crippen molar-refractivity contribution in [2.75, 3.05) is 13.2 Å². The van der Waals surface area contributed by atoms with Crippen molar-refractivity contribution in [2.24, 2.45) is 17.2 Å².